The van der Waals surface area contributed by atoms with Gasteiger partial charge in [0.15, 0.2) is 5.82 Å². The van der Waals surface area contributed by atoms with Gasteiger partial charge in [-0.2, -0.15) is 0 Å². The second kappa shape index (κ2) is 8.12. The van der Waals surface area contributed by atoms with Gasteiger partial charge in [0, 0.05) is 30.1 Å². The molecule has 0 radical (unpaired) electrons. The highest BCUT2D eigenvalue weighted by molar-refractivity contribution is 7.17. The van der Waals surface area contributed by atoms with Crippen molar-refractivity contribution in [3.8, 4) is 10.6 Å². The molecular weight excluding hydrogens is 418 g/mol. The summed E-state index contributed by atoms with van der Waals surface area (Å²) >= 11 is 7.58. The Hall–Kier alpha value is -2.25. The fourth-order valence-corrected chi connectivity index (χ4v) is 5.71. The molecule has 2 aromatic heterocycles. The molecule has 156 valence electrons. The molecule has 0 spiro atoms. The Morgan fingerprint density at radius 3 is 2.93 bits per heavy atom. The lowest BCUT2D eigenvalue weighted by molar-refractivity contribution is 0.0731. The van der Waals surface area contributed by atoms with Gasteiger partial charge in [-0.1, -0.05) is 30.2 Å². The first kappa shape index (κ1) is 19.7. The van der Waals surface area contributed by atoms with Crippen LogP contribution in [0.15, 0.2) is 24.3 Å². The average Bonchev–Trinajstić information content (AvgIpc) is 3.42. The number of hydrogen-bond donors (Lipinski definition) is 0. The van der Waals surface area contributed by atoms with Crippen molar-refractivity contribution < 1.29 is 4.79 Å². The summed E-state index contributed by atoms with van der Waals surface area (Å²) in [7, 11) is 0. The highest BCUT2D eigenvalue weighted by Crippen LogP contribution is 2.36. The number of aryl methyl sites for hydroxylation is 2. The molecule has 0 N–H and O–H groups in total. The number of amides is 1. The van der Waals surface area contributed by atoms with Crippen LogP contribution in [0.3, 0.4) is 0 Å². The number of hydrogen-bond acceptors (Lipinski definition) is 5. The third kappa shape index (κ3) is 3.54. The molecule has 3 aromatic rings. The van der Waals surface area contributed by atoms with E-state index in [1.54, 1.807) is 0 Å². The van der Waals surface area contributed by atoms with E-state index in [1.807, 2.05) is 36.1 Å². The summed E-state index contributed by atoms with van der Waals surface area (Å²) in [6.45, 7) is 3.61. The molecule has 1 fully saturated rings. The monoisotopic (exact) mass is 441 g/mol. The maximum atomic E-state index is 13.5. The van der Waals surface area contributed by atoms with E-state index in [0.29, 0.717) is 9.90 Å². The Morgan fingerprint density at radius 1 is 1.17 bits per heavy atom. The van der Waals surface area contributed by atoms with Crippen LogP contribution < -0.4 is 0 Å². The molecule has 0 saturated carbocycles. The molecule has 0 aliphatic carbocycles. The normalized spacial score (nSPS) is 19.0. The summed E-state index contributed by atoms with van der Waals surface area (Å²) in [4.78, 5) is 20.9. The van der Waals surface area contributed by atoms with Gasteiger partial charge in [0.1, 0.15) is 15.7 Å². The zero-order valence-corrected chi connectivity index (χ0v) is 18.5. The molecule has 1 saturated heterocycles. The van der Waals surface area contributed by atoms with Crippen LogP contribution in [-0.2, 0) is 13.0 Å². The van der Waals surface area contributed by atoms with Gasteiger partial charge in [-0.25, -0.2) is 4.98 Å². The predicted molar refractivity (Wildman–Crippen MR) is 118 cm³/mol. The van der Waals surface area contributed by atoms with E-state index in [2.05, 4.69) is 19.7 Å². The topological polar surface area (TPSA) is 63.9 Å². The molecular formula is C22H24ClN5OS. The summed E-state index contributed by atoms with van der Waals surface area (Å²) in [6, 6.07) is 7.60. The number of rotatable bonds is 3. The van der Waals surface area contributed by atoms with E-state index in [4.69, 9.17) is 11.6 Å². The lowest BCUT2D eigenvalue weighted by Crippen LogP contribution is -2.32. The first-order chi connectivity index (χ1) is 14.6. The van der Waals surface area contributed by atoms with Crippen LogP contribution in [0.25, 0.3) is 10.6 Å². The van der Waals surface area contributed by atoms with E-state index in [9.17, 15) is 4.79 Å². The molecule has 4 heterocycles. The van der Waals surface area contributed by atoms with E-state index in [0.717, 1.165) is 73.1 Å². The fourth-order valence-electron chi connectivity index (χ4n) is 4.50. The number of aromatic nitrogens is 4. The van der Waals surface area contributed by atoms with Crippen LogP contribution in [0, 0.1) is 6.92 Å². The molecule has 1 atom stereocenters. The lowest BCUT2D eigenvalue weighted by Gasteiger charge is -2.24. The first-order valence-electron chi connectivity index (χ1n) is 10.6. The first-order valence-corrected chi connectivity index (χ1v) is 11.8. The molecule has 8 heteroatoms. The molecule has 6 nitrogen and oxygen atoms in total. The molecule has 5 rings (SSSR count). The van der Waals surface area contributed by atoms with Gasteiger partial charge in [-0.15, -0.1) is 21.5 Å². The van der Waals surface area contributed by atoms with Crippen molar-refractivity contribution in [2.75, 3.05) is 6.54 Å². The van der Waals surface area contributed by atoms with Gasteiger partial charge in [0.05, 0.1) is 11.7 Å². The number of thiazole rings is 1. The highest BCUT2D eigenvalue weighted by Gasteiger charge is 2.36. The maximum absolute atomic E-state index is 13.5. The number of fused-ring (bicyclic) bond motifs is 1. The Labute approximate surface area is 184 Å². The van der Waals surface area contributed by atoms with Crippen LogP contribution in [0.2, 0.25) is 5.02 Å². The lowest BCUT2D eigenvalue weighted by atomic mass is 10.2. The smallest absolute Gasteiger partial charge is 0.266 e. The highest BCUT2D eigenvalue weighted by atomic mass is 35.5. The van der Waals surface area contributed by atoms with E-state index >= 15 is 0 Å². The Kier molecular flexibility index (Phi) is 5.33. The second-order valence-corrected chi connectivity index (χ2v) is 9.47. The summed E-state index contributed by atoms with van der Waals surface area (Å²) in [5.41, 5.74) is 1.71. The van der Waals surface area contributed by atoms with Gasteiger partial charge in [-0.05, 0) is 44.7 Å². The zero-order chi connectivity index (χ0) is 20.7. The molecule has 0 unspecified atom stereocenters. The fraction of sp³-hybridized carbons (Fsp3) is 0.455. The van der Waals surface area contributed by atoms with Gasteiger partial charge in [0.2, 0.25) is 0 Å². The third-order valence-electron chi connectivity index (χ3n) is 6.01. The van der Waals surface area contributed by atoms with Crippen molar-refractivity contribution in [3.63, 3.8) is 0 Å². The third-order valence-corrected chi connectivity index (χ3v) is 7.44. The summed E-state index contributed by atoms with van der Waals surface area (Å²) in [6.07, 6.45) is 6.43. The quantitative estimate of drug-likeness (QED) is 0.569. The molecule has 1 aromatic carbocycles. The van der Waals surface area contributed by atoms with Crippen LogP contribution in [0.5, 0.6) is 0 Å². The van der Waals surface area contributed by atoms with Gasteiger partial charge in [-0.3, -0.25) is 4.79 Å². The van der Waals surface area contributed by atoms with Gasteiger partial charge in [0.25, 0.3) is 5.91 Å². The zero-order valence-electron chi connectivity index (χ0n) is 17.0. The Morgan fingerprint density at radius 2 is 2.07 bits per heavy atom. The molecule has 2 aliphatic rings. The minimum Gasteiger partial charge on any atom is -0.328 e. The van der Waals surface area contributed by atoms with Crippen molar-refractivity contribution in [3.05, 3.63) is 51.5 Å². The van der Waals surface area contributed by atoms with Gasteiger partial charge < -0.3 is 9.47 Å². The van der Waals surface area contributed by atoms with Gasteiger partial charge >= 0.3 is 0 Å². The largest absolute Gasteiger partial charge is 0.328 e. The molecule has 1 amide bonds. The number of nitrogens with zero attached hydrogens (tertiary/aromatic N) is 5. The number of carbonyl (C=O) groups is 1. The molecule has 2 aliphatic heterocycles. The van der Waals surface area contributed by atoms with E-state index in [1.165, 1.54) is 17.8 Å². The summed E-state index contributed by atoms with van der Waals surface area (Å²) in [5, 5.41) is 10.5. The minimum atomic E-state index is -0.00651. The maximum Gasteiger partial charge on any atom is 0.266 e. The summed E-state index contributed by atoms with van der Waals surface area (Å²) < 4.78 is 2.26. The van der Waals surface area contributed by atoms with E-state index < -0.39 is 0 Å². The second-order valence-electron chi connectivity index (χ2n) is 8.04. The standard InChI is InChI=1S/C22H24ClN5OS/c1-14-19(30-21(24-14)15-7-5-8-16(23)13-15)22(29)27-12-6-9-17(27)20-26-25-18-10-3-2-4-11-28(18)20/h5,7-8,13,17H,2-4,6,9-12H2,1H3/t17-/m0/s1. The predicted octanol–water partition coefficient (Wildman–Crippen LogP) is 5.07. The Balaban J connectivity index is 1.44. The van der Waals surface area contributed by atoms with Crippen molar-refractivity contribution in [1.29, 1.82) is 0 Å². The SMILES string of the molecule is Cc1nc(-c2cccc(Cl)c2)sc1C(=O)N1CCC[C@H]1c1nnc2n1CCCCC2. The number of benzene rings is 1. The van der Waals surface area contributed by atoms with Crippen molar-refractivity contribution >= 4 is 28.8 Å². The van der Waals surface area contributed by atoms with Crippen LogP contribution in [0.4, 0.5) is 0 Å². The molecule has 0 bridgehead atoms. The van der Waals surface area contributed by atoms with E-state index in [-0.39, 0.29) is 11.9 Å². The van der Waals surface area contributed by atoms with Crippen molar-refractivity contribution in [1.82, 2.24) is 24.6 Å². The van der Waals surface area contributed by atoms with Crippen molar-refractivity contribution in [2.24, 2.45) is 0 Å². The van der Waals surface area contributed by atoms with Crippen LogP contribution >= 0.6 is 22.9 Å². The summed E-state index contributed by atoms with van der Waals surface area (Å²) in [5.74, 6) is 2.07. The Bertz CT molecular complexity index is 1090. The van der Waals surface area contributed by atoms with Crippen LogP contribution in [-0.4, -0.2) is 37.1 Å². The number of halogens is 1. The van der Waals surface area contributed by atoms with Crippen LogP contribution in [0.1, 0.15) is 65.2 Å². The van der Waals surface area contributed by atoms with Crippen molar-refractivity contribution in [2.45, 2.75) is 58.0 Å². The average molecular weight is 442 g/mol. The molecule has 30 heavy (non-hydrogen) atoms. The minimum absolute atomic E-state index is 0.00651. The number of likely N-dealkylation sites (tertiary alicyclic amines) is 1. The number of carbonyl (C=O) groups excluding carboxylic acids is 1.